The fraction of sp³-hybridized carbons (Fsp3) is 0.0577. The number of pyridine rings is 3. The van der Waals surface area contributed by atoms with Crippen LogP contribution in [0.5, 0.6) is 0 Å². The Kier molecular flexibility index (Phi) is 16.2. The molecule has 13 aromatic carbocycles. The number of anilines is 6. The van der Waals surface area contributed by atoms with E-state index in [1.165, 1.54) is 99.6 Å². The number of benzene rings is 13. The Bertz CT molecular complexity index is 7100. The Hall–Kier alpha value is -14.7. The van der Waals surface area contributed by atoms with Gasteiger partial charge in [0.1, 0.15) is 17.2 Å². The van der Waals surface area contributed by atoms with E-state index in [2.05, 4.69) is 372 Å². The standard InChI is InChI=1S/C41H30N4.C33H25N3.C30H20N2O/c1-2-43-38-22-11-8-19-35(38)42-41(43)29-13-12-16-31(27-29)45-36-20-9-6-17-32(36)33-24-23-28-25-26-44(30-14-4-3-5-15-30)40(28)39(33)34-18-7-10-21-37(34)45;1-33(2)28-13-5-3-10-23(28)26-20-22-16-19-36(31(22)21-27(26)24-11-4-6-14-29(24)33)32-25(12-9-18-35-32)30-15-7-8-17-34-30;1-19-30(22-9-3-2-8-21(22)18-31-19)32-27-12-6-4-10-23(27)25-16-20-14-15-33-29(20)17-26(25)24-11-5-7-13-28(24)32/h3-27H,2H2,1H3;3-21H,1-2H3;2-18H,1H3. The van der Waals surface area contributed by atoms with Crippen molar-refractivity contribution in [2.45, 2.75) is 39.7 Å². The predicted octanol–water partition coefficient (Wildman–Crippen LogP) is 27.3. The van der Waals surface area contributed by atoms with Gasteiger partial charge in [-0.15, -0.1) is 0 Å². The summed E-state index contributed by atoms with van der Waals surface area (Å²) in [4.78, 5) is 24.1. The van der Waals surface area contributed by atoms with Crippen LogP contribution in [0.2, 0.25) is 0 Å². The molecule has 1 aliphatic carbocycles. The predicted molar refractivity (Wildman–Crippen MR) is 469 cm³/mol. The molecule has 2 aliphatic heterocycles. The van der Waals surface area contributed by atoms with Gasteiger partial charge in [-0.1, -0.05) is 220 Å². The molecule has 0 atom stereocenters. The fourth-order valence-electron chi connectivity index (χ4n) is 18.1. The van der Waals surface area contributed by atoms with E-state index in [-0.39, 0.29) is 5.41 Å². The summed E-state index contributed by atoms with van der Waals surface area (Å²) < 4.78 is 12.6. The lowest BCUT2D eigenvalue weighted by Crippen LogP contribution is -2.19. The van der Waals surface area contributed by atoms with Crippen LogP contribution in [-0.2, 0) is 12.0 Å². The van der Waals surface area contributed by atoms with Crippen LogP contribution in [0.3, 0.4) is 0 Å². The fourth-order valence-corrected chi connectivity index (χ4v) is 18.1. The number of fused-ring (bicyclic) bond motifs is 21. The topological polar surface area (TPSA) is 86.0 Å². The molecule has 10 nitrogen and oxygen atoms in total. The van der Waals surface area contributed by atoms with E-state index in [1.54, 1.807) is 6.26 Å². The zero-order valence-electron chi connectivity index (χ0n) is 63.4. The van der Waals surface area contributed by atoms with Crippen molar-refractivity contribution in [1.82, 2.24) is 33.6 Å². The van der Waals surface area contributed by atoms with Gasteiger partial charge >= 0.3 is 0 Å². The molecular formula is C104H75N9O. The first kappa shape index (κ1) is 67.4. The molecule has 7 aromatic heterocycles. The lowest BCUT2D eigenvalue weighted by atomic mass is 9.75. The van der Waals surface area contributed by atoms with Gasteiger partial charge in [0.15, 0.2) is 0 Å². The van der Waals surface area contributed by atoms with E-state index in [0.717, 1.165) is 113 Å². The summed E-state index contributed by atoms with van der Waals surface area (Å²) >= 11 is 0. The van der Waals surface area contributed by atoms with Crippen LogP contribution >= 0.6 is 0 Å². The van der Waals surface area contributed by atoms with Crippen molar-refractivity contribution in [2.75, 3.05) is 9.80 Å². The molecule has 0 bridgehead atoms. The number of nitrogens with zero attached hydrogens (tertiary/aromatic N) is 9. The molecule has 0 radical (unpaired) electrons. The lowest BCUT2D eigenvalue weighted by molar-refractivity contribution is 0.616. The minimum absolute atomic E-state index is 0.112. The second kappa shape index (κ2) is 27.4. The van der Waals surface area contributed by atoms with Crippen LogP contribution in [-0.4, -0.2) is 33.6 Å². The molecule has 20 aromatic rings. The Morgan fingerprint density at radius 1 is 0.377 bits per heavy atom. The second-order valence-electron chi connectivity index (χ2n) is 30.0. The van der Waals surface area contributed by atoms with Gasteiger partial charge in [0.25, 0.3) is 0 Å². The first-order valence-corrected chi connectivity index (χ1v) is 39.0. The summed E-state index contributed by atoms with van der Waals surface area (Å²) in [6.07, 6.45) is 11.7. The summed E-state index contributed by atoms with van der Waals surface area (Å²) in [7, 11) is 0. The minimum atomic E-state index is -0.112. The number of aryl methyl sites for hydroxylation is 2. The van der Waals surface area contributed by atoms with E-state index in [9.17, 15) is 0 Å². The van der Waals surface area contributed by atoms with Crippen molar-refractivity contribution < 1.29 is 4.42 Å². The van der Waals surface area contributed by atoms with Gasteiger partial charge < -0.3 is 27.9 Å². The highest BCUT2D eigenvalue weighted by Crippen LogP contribution is 2.57. The van der Waals surface area contributed by atoms with Crippen molar-refractivity contribution >= 4 is 88.7 Å². The molecule has 9 heterocycles. The van der Waals surface area contributed by atoms with Crippen LogP contribution in [0.4, 0.5) is 34.1 Å². The van der Waals surface area contributed by atoms with Crippen molar-refractivity contribution in [3.63, 3.8) is 0 Å². The quantitative estimate of drug-likeness (QED) is 0.157. The smallest absolute Gasteiger partial charge is 0.146 e. The Morgan fingerprint density at radius 3 is 1.70 bits per heavy atom. The van der Waals surface area contributed by atoms with Crippen molar-refractivity contribution in [1.29, 1.82) is 0 Å². The Balaban J connectivity index is 0.000000109. The van der Waals surface area contributed by atoms with Crippen LogP contribution in [0.15, 0.2) is 375 Å². The van der Waals surface area contributed by atoms with Gasteiger partial charge in [-0.05, 0) is 191 Å². The molecule has 0 fully saturated rings. The molecule has 0 amide bonds. The van der Waals surface area contributed by atoms with Gasteiger partial charge in [-0.25, -0.2) is 9.97 Å². The third-order valence-electron chi connectivity index (χ3n) is 23.3. The first-order chi connectivity index (χ1) is 56.2. The summed E-state index contributed by atoms with van der Waals surface area (Å²) in [6.45, 7) is 9.80. The van der Waals surface area contributed by atoms with Crippen LogP contribution in [0.25, 0.3) is 155 Å². The van der Waals surface area contributed by atoms with E-state index in [4.69, 9.17) is 19.4 Å². The zero-order valence-corrected chi connectivity index (χ0v) is 63.4. The molecule has 542 valence electrons. The molecule has 0 spiro atoms. The van der Waals surface area contributed by atoms with E-state index in [0.29, 0.717) is 0 Å². The van der Waals surface area contributed by atoms with Crippen molar-refractivity contribution in [2.24, 2.45) is 0 Å². The number of aromatic nitrogens is 7. The Labute approximate surface area is 660 Å². The summed E-state index contributed by atoms with van der Waals surface area (Å²) in [5.41, 5.74) is 34.8. The first-order valence-electron chi connectivity index (χ1n) is 39.0. The number of para-hydroxylation sites is 7. The van der Waals surface area contributed by atoms with Gasteiger partial charge in [0.05, 0.1) is 68.2 Å². The van der Waals surface area contributed by atoms with Crippen molar-refractivity contribution in [3.05, 3.63) is 388 Å². The van der Waals surface area contributed by atoms with Gasteiger partial charge in [0, 0.05) is 120 Å². The van der Waals surface area contributed by atoms with Gasteiger partial charge in [0.2, 0.25) is 0 Å². The number of rotatable bonds is 7. The molecule has 0 unspecified atom stereocenters. The average molecular weight is 1470 g/mol. The number of hydrogen-bond acceptors (Lipinski definition) is 7. The van der Waals surface area contributed by atoms with E-state index < -0.39 is 0 Å². The molecular weight excluding hydrogens is 1390 g/mol. The molecule has 0 N–H and O–H groups in total. The molecule has 114 heavy (non-hydrogen) atoms. The maximum absolute atomic E-state index is 5.79. The number of furan rings is 1. The Morgan fingerprint density at radius 2 is 0.956 bits per heavy atom. The SMILES string of the molecule is CC1(C)c2ccccc2-c2cc3ccn(-c4ncccc4-c4ccccn4)c3cc2-c2ccccc21.CCn1c(-c2cccc(N3c4ccccc4-c4ccc5ccn(-c6ccccc6)c5c4-c4ccccc43)c2)nc2ccccc21.Cc1ncc2ccccc2c1N1c2ccccc2-c2cc3ccoc3cc2-c2ccccc21. The summed E-state index contributed by atoms with van der Waals surface area (Å²) in [5, 5.41) is 5.84. The third-order valence-corrected chi connectivity index (χ3v) is 23.3. The third kappa shape index (κ3) is 11.0. The highest BCUT2D eigenvalue weighted by atomic mass is 16.3. The number of hydrogen-bond donors (Lipinski definition) is 0. The van der Waals surface area contributed by atoms with E-state index in [1.807, 2.05) is 48.9 Å². The normalized spacial score (nSPS) is 12.6. The zero-order chi connectivity index (χ0) is 76.1. The maximum Gasteiger partial charge on any atom is 0.146 e. The lowest BCUT2D eigenvalue weighted by Gasteiger charge is -2.29. The minimum Gasteiger partial charge on any atom is -0.464 e. The second-order valence-corrected chi connectivity index (χ2v) is 30.0. The monoisotopic (exact) mass is 1470 g/mol. The van der Waals surface area contributed by atoms with Crippen LogP contribution in [0.1, 0.15) is 37.6 Å². The van der Waals surface area contributed by atoms with Gasteiger partial charge in [-0.2, -0.15) is 0 Å². The largest absolute Gasteiger partial charge is 0.464 e. The summed E-state index contributed by atoms with van der Waals surface area (Å²) in [6, 6.07) is 119. The molecule has 3 aliphatic rings. The molecule has 0 saturated heterocycles. The summed E-state index contributed by atoms with van der Waals surface area (Å²) in [5.74, 6) is 1.87. The molecule has 10 heteroatoms. The van der Waals surface area contributed by atoms with Crippen LogP contribution in [0, 0.1) is 6.92 Å². The molecule has 23 rings (SSSR count). The highest BCUT2D eigenvalue weighted by Gasteiger charge is 2.35. The highest BCUT2D eigenvalue weighted by molar-refractivity contribution is 6.13. The van der Waals surface area contributed by atoms with Crippen molar-refractivity contribution in [3.8, 4) is 101 Å². The van der Waals surface area contributed by atoms with Gasteiger partial charge in [-0.3, -0.25) is 9.97 Å². The molecule has 0 saturated carbocycles. The van der Waals surface area contributed by atoms with E-state index >= 15 is 0 Å². The van der Waals surface area contributed by atoms with Crippen LogP contribution < -0.4 is 9.80 Å². The maximum atomic E-state index is 5.79. The average Bonchev–Trinajstić information content (AvgIpc) is 1.58. The number of imidazole rings is 1.